The van der Waals surface area contributed by atoms with Crippen molar-refractivity contribution in [2.75, 3.05) is 31.1 Å². The molecule has 1 aliphatic heterocycles. The molecule has 4 nitrogen and oxygen atoms in total. The Labute approximate surface area is 154 Å². The molecule has 0 bridgehead atoms. The minimum atomic E-state index is -0.393. The molecule has 0 radical (unpaired) electrons. The number of amides is 1. The topological polar surface area (TPSA) is 41.6 Å². The van der Waals surface area contributed by atoms with Crippen molar-refractivity contribution in [3.05, 3.63) is 60.4 Å². The molecule has 0 aromatic heterocycles. The molecule has 0 unspecified atom stereocenters. The van der Waals surface area contributed by atoms with E-state index in [0.717, 1.165) is 31.6 Å². The molecule has 1 amide bonds. The molecule has 1 N–H and O–H groups in total. The Balaban J connectivity index is 1.74. The van der Waals surface area contributed by atoms with Crippen LogP contribution in [0.1, 0.15) is 19.8 Å². The highest BCUT2D eigenvalue weighted by molar-refractivity contribution is 5.97. The number of rotatable bonds is 6. The number of ether oxygens (including phenoxy) is 1. The number of hydrogen-bond donors (Lipinski definition) is 1. The van der Waals surface area contributed by atoms with E-state index in [1.807, 2.05) is 37.3 Å². The van der Waals surface area contributed by atoms with Gasteiger partial charge in [0.05, 0.1) is 6.54 Å². The van der Waals surface area contributed by atoms with Gasteiger partial charge in [0.2, 0.25) is 5.91 Å². The Morgan fingerprint density at radius 1 is 1.12 bits per heavy atom. The Kier molecular flexibility index (Phi) is 5.89. The lowest BCUT2D eigenvalue weighted by molar-refractivity contribution is -0.128. The highest BCUT2D eigenvalue weighted by Crippen LogP contribution is 2.32. The third-order valence-electron chi connectivity index (χ3n) is 4.95. The van der Waals surface area contributed by atoms with Crippen LogP contribution in [0.4, 0.5) is 10.1 Å². The number of benzene rings is 2. The average molecular weight is 356 g/mol. The van der Waals surface area contributed by atoms with Gasteiger partial charge >= 0.3 is 0 Å². The molecule has 3 rings (SSSR count). The van der Waals surface area contributed by atoms with Crippen LogP contribution in [0.25, 0.3) is 0 Å². The molecule has 2 aromatic rings. The van der Waals surface area contributed by atoms with Crippen molar-refractivity contribution >= 4 is 11.6 Å². The zero-order valence-corrected chi connectivity index (χ0v) is 15.1. The van der Waals surface area contributed by atoms with Gasteiger partial charge in [0.25, 0.3) is 0 Å². The van der Waals surface area contributed by atoms with Gasteiger partial charge in [-0.1, -0.05) is 37.3 Å². The molecule has 5 heteroatoms. The minimum Gasteiger partial charge on any atom is -0.489 e. The van der Waals surface area contributed by atoms with Crippen LogP contribution in [0.2, 0.25) is 0 Å². The second kappa shape index (κ2) is 8.32. The fraction of sp³-hybridized carbons (Fsp3) is 0.381. The van der Waals surface area contributed by atoms with E-state index in [-0.39, 0.29) is 23.7 Å². The first kappa shape index (κ1) is 18.4. The lowest BCUT2D eigenvalue weighted by atomic mass is 9.79. The van der Waals surface area contributed by atoms with Crippen LogP contribution in [0.15, 0.2) is 54.6 Å². The van der Waals surface area contributed by atoms with Gasteiger partial charge in [-0.2, -0.15) is 0 Å². The molecule has 0 spiro atoms. The summed E-state index contributed by atoms with van der Waals surface area (Å²) >= 11 is 0. The number of nitrogens with one attached hydrogen (secondary N) is 1. The van der Waals surface area contributed by atoms with Gasteiger partial charge in [-0.25, -0.2) is 4.39 Å². The van der Waals surface area contributed by atoms with Crippen molar-refractivity contribution in [3.8, 4) is 5.75 Å². The first-order valence-electron chi connectivity index (χ1n) is 9.05. The maximum absolute atomic E-state index is 13.7. The monoisotopic (exact) mass is 356 g/mol. The molecule has 2 aromatic carbocycles. The van der Waals surface area contributed by atoms with Crippen LogP contribution in [0.5, 0.6) is 5.75 Å². The first-order valence-corrected chi connectivity index (χ1v) is 9.05. The third kappa shape index (κ3) is 4.22. The summed E-state index contributed by atoms with van der Waals surface area (Å²) in [6.45, 7) is 4.33. The second-order valence-corrected chi connectivity index (χ2v) is 6.88. The molecule has 0 saturated carbocycles. The van der Waals surface area contributed by atoms with E-state index in [0.29, 0.717) is 6.54 Å². The predicted molar refractivity (Wildman–Crippen MR) is 101 cm³/mol. The molecule has 138 valence electrons. The average Bonchev–Trinajstić information content (AvgIpc) is 2.67. The number of nitrogens with zero attached hydrogens (tertiary/aromatic N) is 1. The largest absolute Gasteiger partial charge is 0.489 e. The fourth-order valence-electron chi connectivity index (χ4n) is 3.28. The van der Waals surface area contributed by atoms with E-state index >= 15 is 0 Å². The minimum absolute atomic E-state index is 0.0994. The van der Waals surface area contributed by atoms with Crippen molar-refractivity contribution in [2.24, 2.45) is 5.41 Å². The summed E-state index contributed by atoms with van der Waals surface area (Å²) in [4.78, 5) is 15.1. The normalized spacial score (nSPS) is 16.1. The van der Waals surface area contributed by atoms with Gasteiger partial charge in [0.1, 0.15) is 6.61 Å². The molecule has 0 atom stereocenters. The van der Waals surface area contributed by atoms with Crippen molar-refractivity contribution in [2.45, 2.75) is 19.8 Å². The third-order valence-corrected chi connectivity index (χ3v) is 4.95. The Morgan fingerprint density at radius 2 is 1.77 bits per heavy atom. The van der Waals surface area contributed by atoms with E-state index < -0.39 is 5.82 Å². The van der Waals surface area contributed by atoms with Gasteiger partial charge in [-0.05, 0) is 50.2 Å². The number of hydrogen-bond acceptors (Lipinski definition) is 3. The highest BCUT2D eigenvalue weighted by Gasteiger charge is 2.38. The van der Waals surface area contributed by atoms with Crippen LogP contribution >= 0.6 is 0 Å². The smallest absolute Gasteiger partial charge is 0.233 e. The molecular weight excluding hydrogens is 331 g/mol. The first-order chi connectivity index (χ1) is 12.6. The molecule has 1 aliphatic rings. The quantitative estimate of drug-likeness (QED) is 0.859. The van der Waals surface area contributed by atoms with E-state index in [2.05, 4.69) is 5.32 Å². The molecule has 0 aliphatic carbocycles. The summed E-state index contributed by atoms with van der Waals surface area (Å²) in [5, 5.41) is 3.31. The van der Waals surface area contributed by atoms with Gasteiger partial charge in [-0.15, -0.1) is 0 Å². The van der Waals surface area contributed by atoms with Gasteiger partial charge in [0.15, 0.2) is 11.6 Å². The van der Waals surface area contributed by atoms with Gasteiger partial charge < -0.3 is 15.0 Å². The standard InChI is InChI=1S/C21H25FN2O2/c1-21(11-13-23-14-12-21)20(25)24(17-7-3-2-4-8-17)15-16-26-19-10-6-5-9-18(19)22/h2-10,23H,11-16H2,1H3. The number of halogens is 1. The summed E-state index contributed by atoms with van der Waals surface area (Å²) in [7, 11) is 0. The van der Waals surface area contributed by atoms with Crippen LogP contribution in [-0.2, 0) is 4.79 Å². The van der Waals surface area contributed by atoms with Gasteiger partial charge in [0, 0.05) is 11.1 Å². The number of carbonyl (C=O) groups is 1. The Morgan fingerprint density at radius 3 is 2.46 bits per heavy atom. The summed E-state index contributed by atoms with van der Waals surface area (Å²) < 4.78 is 19.3. The Hall–Kier alpha value is -2.40. The Bertz CT molecular complexity index is 730. The second-order valence-electron chi connectivity index (χ2n) is 6.88. The fourth-order valence-corrected chi connectivity index (χ4v) is 3.28. The molecule has 1 saturated heterocycles. The maximum atomic E-state index is 13.7. The van der Waals surface area contributed by atoms with Crippen molar-refractivity contribution in [1.82, 2.24) is 5.32 Å². The molecule has 1 heterocycles. The number of carbonyl (C=O) groups excluding carboxylic acids is 1. The molecule has 1 fully saturated rings. The van der Waals surface area contributed by atoms with Crippen LogP contribution in [0, 0.1) is 11.2 Å². The lowest BCUT2D eigenvalue weighted by Crippen LogP contribution is -2.49. The number of para-hydroxylation sites is 2. The van der Waals surface area contributed by atoms with Crippen molar-refractivity contribution in [3.63, 3.8) is 0 Å². The SMILES string of the molecule is CC1(C(=O)N(CCOc2ccccc2F)c2ccccc2)CCNCC1. The lowest BCUT2D eigenvalue weighted by Gasteiger charge is -2.37. The predicted octanol–water partition coefficient (Wildman–Crippen LogP) is 3.63. The van der Waals surface area contributed by atoms with E-state index in [9.17, 15) is 9.18 Å². The zero-order chi connectivity index (χ0) is 18.4. The molecular formula is C21H25FN2O2. The van der Waals surface area contributed by atoms with Crippen molar-refractivity contribution < 1.29 is 13.9 Å². The maximum Gasteiger partial charge on any atom is 0.233 e. The molecule has 26 heavy (non-hydrogen) atoms. The summed E-state index contributed by atoms with van der Waals surface area (Å²) in [5.74, 6) is -0.0845. The van der Waals surface area contributed by atoms with E-state index in [1.165, 1.54) is 6.07 Å². The summed E-state index contributed by atoms with van der Waals surface area (Å²) in [6.07, 6.45) is 1.62. The van der Waals surface area contributed by atoms with E-state index in [4.69, 9.17) is 4.74 Å². The number of anilines is 1. The van der Waals surface area contributed by atoms with Crippen LogP contribution < -0.4 is 15.0 Å². The number of piperidine rings is 1. The van der Waals surface area contributed by atoms with Crippen molar-refractivity contribution in [1.29, 1.82) is 0 Å². The van der Waals surface area contributed by atoms with Crippen LogP contribution in [0.3, 0.4) is 0 Å². The zero-order valence-electron chi connectivity index (χ0n) is 15.1. The summed E-state index contributed by atoms with van der Waals surface area (Å²) in [5.41, 5.74) is 0.452. The van der Waals surface area contributed by atoms with E-state index in [1.54, 1.807) is 23.1 Å². The van der Waals surface area contributed by atoms with Crippen LogP contribution in [-0.4, -0.2) is 32.1 Å². The summed E-state index contributed by atoms with van der Waals surface area (Å²) in [6, 6.07) is 15.9. The van der Waals surface area contributed by atoms with Gasteiger partial charge in [-0.3, -0.25) is 4.79 Å². The highest BCUT2D eigenvalue weighted by atomic mass is 19.1.